The average Bonchev–Trinajstić information content (AvgIpc) is 2.79. The molecule has 0 saturated carbocycles. The van der Waals surface area contributed by atoms with Gasteiger partial charge in [0.2, 0.25) is 0 Å². The zero-order valence-electron chi connectivity index (χ0n) is 18.3. The lowest BCUT2D eigenvalue weighted by atomic mass is 9.92. The van der Waals surface area contributed by atoms with E-state index in [2.05, 4.69) is 4.90 Å². The third-order valence-electron chi connectivity index (χ3n) is 6.23. The number of hydrogen-bond acceptors (Lipinski definition) is 4. The zero-order chi connectivity index (χ0) is 22.8. The normalized spacial score (nSPS) is 17.8. The first-order valence-electron chi connectivity index (χ1n) is 10.8. The molecule has 7 heteroatoms. The summed E-state index contributed by atoms with van der Waals surface area (Å²) in [5, 5.41) is 10.6. The van der Waals surface area contributed by atoms with E-state index >= 15 is 0 Å². The average molecular weight is 438 g/mol. The maximum Gasteiger partial charge on any atom is 0.307 e. The summed E-state index contributed by atoms with van der Waals surface area (Å²) in [5.74, 6) is -0.345. The molecule has 0 radical (unpaired) electrons. The molecule has 32 heavy (non-hydrogen) atoms. The van der Waals surface area contributed by atoms with Crippen LogP contribution in [0.15, 0.2) is 30.3 Å². The number of para-hydroxylation sites is 2. The van der Waals surface area contributed by atoms with Crippen LogP contribution >= 0.6 is 0 Å². The summed E-state index contributed by atoms with van der Waals surface area (Å²) in [6, 6.07) is 9.56. The number of ether oxygens (including phenoxy) is 1. The Hall–Kier alpha value is -3.35. The molecule has 1 unspecified atom stereocenters. The van der Waals surface area contributed by atoms with Gasteiger partial charge in [-0.15, -0.1) is 0 Å². The van der Waals surface area contributed by atoms with E-state index in [0.29, 0.717) is 48.1 Å². The van der Waals surface area contributed by atoms with Crippen molar-refractivity contribution < 1.29 is 23.8 Å². The van der Waals surface area contributed by atoms with Crippen LogP contribution in [0.5, 0.6) is 5.75 Å². The standard InChI is InChI=1S/C25H27FN2O4/c1-16-18(14-23(29)30)13-17-7-8-19(26)15-20(17)24(16)25(31)28-11-9-27(10-12-28)21-5-3-4-6-22(21)32-2/h3-7,13,15,19H,8-12,14H2,1-2H3,(H,29,30). The van der Waals surface area contributed by atoms with Crippen molar-refractivity contribution in [1.82, 2.24) is 4.90 Å². The molecule has 4 rings (SSSR count). The topological polar surface area (TPSA) is 70.1 Å². The molecular weight excluding hydrogens is 411 g/mol. The molecule has 1 aliphatic carbocycles. The van der Waals surface area contributed by atoms with Gasteiger partial charge in [0, 0.05) is 32.6 Å². The number of nitrogens with zero attached hydrogens (tertiary/aromatic N) is 2. The minimum absolute atomic E-state index is 0.173. The first-order valence-corrected chi connectivity index (χ1v) is 10.8. The highest BCUT2D eigenvalue weighted by molar-refractivity contribution is 5.97. The number of hydrogen-bond donors (Lipinski definition) is 1. The van der Waals surface area contributed by atoms with Crippen LogP contribution in [0.25, 0.3) is 12.2 Å². The van der Waals surface area contributed by atoms with E-state index in [9.17, 15) is 19.1 Å². The van der Waals surface area contributed by atoms with Crippen LogP contribution in [0.2, 0.25) is 0 Å². The van der Waals surface area contributed by atoms with Crippen LogP contribution in [-0.2, 0) is 11.2 Å². The number of carbonyl (C=O) groups is 2. The number of carbonyl (C=O) groups excluding carboxylic acids is 1. The molecule has 1 amide bonds. The third-order valence-corrected chi connectivity index (χ3v) is 6.23. The van der Waals surface area contributed by atoms with Crippen molar-refractivity contribution >= 4 is 29.7 Å². The summed E-state index contributed by atoms with van der Waals surface area (Å²) in [7, 11) is 1.64. The van der Waals surface area contributed by atoms with Gasteiger partial charge < -0.3 is 19.6 Å². The SMILES string of the molecule is COc1ccccc1N1CCN(C(=O)c2c(C)c(CC(=O)O)cc3c2=CC(F)CC=3)CC1. The fraction of sp³-hybridized carbons (Fsp3) is 0.360. The Labute approximate surface area is 186 Å². The summed E-state index contributed by atoms with van der Waals surface area (Å²) in [6.07, 6.45) is 2.15. The smallest absolute Gasteiger partial charge is 0.307 e. The Bertz CT molecular complexity index is 1170. The molecule has 1 aliphatic heterocycles. The van der Waals surface area contributed by atoms with Gasteiger partial charge >= 0.3 is 5.97 Å². The van der Waals surface area contributed by atoms with Gasteiger partial charge in [0.25, 0.3) is 5.91 Å². The number of benzene rings is 2. The Morgan fingerprint density at radius 3 is 2.59 bits per heavy atom. The second-order valence-electron chi connectivity index (χ2n) is 8.18. The van der Waals surface area contributed by atoms with Gasteiger partial charge in [-0.3, -0.25) is 9.59 Å². The predicted molar refractivity (Wildman–Crippen MR) is 121 cm³/mol. The van der Waals surface area contributed by atoms with Crippen molar-refractivity contribution in [2.24, 2.45) is 0 Å². The van der Waals surface area contributed by atoms with Crippen LogP contribution in [0.4, 0.5) is 10.1 Å². The van der Waals surface area contributed by atoms with E-state index < -0.39 is 12.1 Å². The van der Waals surface area contributed by atoms with E-state index in [1.807, 2.05) is 24.3 Å². The van der Waals surface area contributed by atoms with Crippen LogP contribution < -0.4 is 20.1 Å². The second-order valence-corrected chi connectivity index (χ2v) is 8.18. The van der Waals surface area contributed by atoms with Gasteiger partial charge in [0.15, 0.2) is 0 Å². The van der Waals surface area contributed by atoms with Gasteiger partial charge in [-0.25, -0.2) is 4.39 Å². The largest absolute Gasteiger partial charge is 0.495 e. The molecule has 1 heterocycles. The molecule has 2 aromatic carbocycles. The molecule has 1 N–H and O–H groups in total. The number of methoxy groups -OCH3 is 1. The number of fused-ring (bicyclic) bond motifs is 1. The van der Waals surface area contributed by atoms with Crippen LogP contribution in [-0.4, -0.2) is 61.3 Å². The second kappa shape index (κ2) is 9.02. The third kappa shape index (κ3) is 4.20. The molecule has 1 fully saturated rings. The lowest BCUT2D eigenvalue weighted by Gasteiger charge is -2.37. The summed E-state index contributed by atoms with van der Waals surface area (Å²) in [5.41, 5.74) is 2.61. The number of carboxylic acid groups (broad SMARTS) is 1. The number of rotatable bonds is 5. The molecule has 0 spiro atoms. The van der Waals surface area contributed by atoms with E-state index in [1.165, 1.54) is 6.08 Å². The number of halogens is 1. The summed E-state index contributed by atoms with van der Waals surface area (Å²) in [6.45, 7) is 4.06. The molecule has 0 bridgehead atoms. The Balaban J connectivity index is 1.64. The molecule has 168 valence electrons. The molecule has 1 atom stereocenters. The number of piperazine rings is 1. The van der Waals surface area contributed by atoms with Gasteiger partial charge in [-0.1, -0.05) is 24.3 Å². The number of aliphatic carboxylic acids is 1. The van der Waals surface area contributed by atoms with Gasteiger partial charge in [0.1, 0.15) is 11.9 Å². The molecular formula is C25H27FN2O4. The Morgan fingerprint density at radius 1 is 1.19 bits per heavy atom. The molecule has 0 aromatic heterocycles. The Kier molecular flexibility index (Phi) is 6.17. The Morgan fingerprint density at radius 2 is 1.91 bits per heavy atom. The van der Waals surface area contributed by atoms with E-state index in [4.69, 9.17) is 4.74 Å². The maximum atomic E-state index is 14.2. The number of anilines is 1. The molecule has 6 nitrogen and oxygen atoms in total. The fourth-order valence-corrected chi connectivity index (χ4v) is 4.54. The lowest BCUT2D eigenvalue weighted by molar-refractivity contribution is -0.136. The van der Waals surface area contributed by atoms with Crippen molar-refractivity contribution in [1.29, 1.82) is 0 Å². The first-order chi connectivity index (χ1) is 15.4. The highest BCUT2D eigenvalue weighted by Crippen LogP contribution is 2.28. The number of alkyl halides is 1. The van der Waals surface area contributed by atoms with Crippen molar-refractivity contribution in [3.8, 4) is 5.75 Å². The van der Waals surface area contributed by atoms with E-state index in [-0.39, 0.29) is 18.7 Å². The molecule has 1 saturated heterocycles. The van der Waals surface area contributed by atoms with Crippen molar-refractivity contribution in [3.05, 3.63) is 57.5 Å². The van der Waals surface area contributed by atoms with E-state index in [0.717, 1.165) is 16.7 Å². The van der Waals surface area contributed by atoms with Crippen LogP contribution in [0.1, 0.15) is 27.9 Å². The van der Waals surface area contributed by atoms with Crippen molar-refractivity contribution in [2.45, 2.75) is 25.9 Å². The van der Waals surface area contributed by atoms with Crippen molar-refractivity contribution in [2.75, 3.05) is 38.2 Å². The van der Waals surface area contributed by atoms with Gasteiger partial charge in [-0.05, 0) is 46.7 Å². The highest BCUT2D eigenvalue weighted by atomic mass is 19.1. The maximum absolute atomic E-state index is 14.2. The van der Waals surface area contributed by atoms with Crippen LogP contribution in [0.3, 0.4) is 0 Å². The number of carboxylic acids is 1. The predicted octanol–water partition coefficient (Wildman–Crippen LogP) is 1.90. The lowest BCUT2D eigenvalue weighted by Crippen LogP contribution is -2.51. The van der Waals surface area contributed by atoms with Gasteiger partial charge in [0.05, 0.1) is 24.8 Å². The molecule has 2 aromatic rings. The van der Waals surface area contributed by atoms with Gasteiger partial charge in [-0.2, -0.15) is 0 Å². The molecule has 2 aliphatic rings. The fourth-order valence-electron chi connectivity index (χ4n) is 4.54. The van der Waals surface area contributed by atoms with Crippen LogP contribution in [0, 0.1) is 6.92 Å². The summed E-state index contributed by atoms with van der Waals surface area (Å²) in [4.78, 5) is 28.9. The quantitative estimate of drug-likeness (QED) is 0.772. The van der Waals surface area contributed by atoms with E-state index in [1.54, 1.807) is 31.1 Å². The summed E-state index contributed by atoms with van der Waals surface area (Å²) < 4.78 is 19.6. The number of amides is 1. The minimum atomic E-state index is -1.15. The monoisotopic (exact) mass is 438 g/mol. The summed E-state index contributed by atoms with van der Waals surface area (Å²) >= 11 is 0. The minimum Gasteiger partial charge on any atom is -0.495 e. The van der Waals surface area contributed by atoms with Crippen molar-refractivity contribution in [3.63, 3.8) is 0 Å². The highest BCUT2D eigenvalue weighted by Gasteiger charge is 2.27. The zero-order valence-corrected chi connectivity index (χ0v) is 18.3. The first kappa shape index (κ1) is 21.9.